The first kappa shape index (κ1) is 23.4. The second-order valence-electron chi connectivity index (χ2n) is 11.0. The van der Waals surface area contributed by atoms with Crippen molar-refractivity contribution in [2.24, 2.45) is 0 Å². The molecule has 0 N–H and O–H groups in total. The Balaban J connectivity index is 1.39. The third kappa shape index (κ3) is 3.43. The van der Waals surface area contributed by atoms with Gasteiger partial charge in [0.15, 0.2) is 11.6 Å². The molecule has 39 heavy (non-hydrogen) atoms. The van der Waals surface area contributed by atoms with Gasteiger partial charge in [-0.05, 0) is 76.9 Å². The van der Waals surface area contributed by atoms with Gasteiger partial charge < -0.3 is 4.90 Å². The predicted octanol–water partition coefficient (Wildman–Crippen LogP) is 8.72. The minimum atomic E-state index is -0.229. The van der Waals surface area contributed by atoms with E-state index in [9.17, 15) is 9.59 Å². The molecule has 2 aliphatic rings. The lowest BCUT2D eigenvalue weighted by molar-refractivity contribution is 0.0990. The van der Waals surface area contributed by atoms with E-state index in [4.69, 9.17) is 0 Å². The molecule has 0 aromatic heterocycles. The number of aryl methyl sites for hydroxylation is 1. The molecular weight excluding hydrogens is 478 g/mol. The number of anilines is 3. The molecule has 1 heterocycles. The summed E-state index contributed by atoms with van der Waals surface area (Å²) in [6.45, 7) is 6.51. The van der Waals surface area contributed by atoms with E-state index < -0.39 is 0 Å². The molecule has 0 fully saturated rings. The quantitative estimate of drug-likeness (QED) is 0.178. The number of Topliss-reactive ketones (excluding diaryl/α,β-unsaturated/α-hetero) is 2. The fraction of sp³-hybridized carbons (Fsp3) is 0.111. The van der Waals surface area contributed by atoms with Gasteiger partial charge in [0.05, 0.1) is 16.9 Å². The molecule has 5 aromatic carbocycles. The normalized spacial score (nSPS) is 16.4. The standard InChI is InChI=1S/C36H27NO2/c1-22-13-16-27-28(19-22)35(39)29(34(27)38)21-23-14-17-26-24(20-23)15-18-32-33(26)36(2,3)30-11-7-8-12-31(30)37(32)25-9-5-4-6-10-25/h4-21H,1-3H3/b29-21-. The van der Waals surface area contributed by atoms with Gasteiger partial charge in [0.2, 0.25) is 0 Å². The molecule has 3 heteroatoms. The molecule has 188 valence electrons. The highest BCUT2D eigenvalue weighted by Crippen LogP contribution is 2.53. The van der Waals surface area contributed by atoms with Crippen molar-refractivity contribution < 1.29 is 9.59 Å². The number of allylic oxidation sites excluding steroid dienone is 1. The Morgan fingerprint density at radius 3 is 2.26 bits per heavy atom. The van der Waals surface area contributed by atoms with E-state index in [0.29, 0.717) is 11.1 Å². The van der Waals surface area contributed by atoms with Crippen molar-refractivity contribution in [3.8, 4) is 0 Å². The van der Waals surface area contributed by atoms with Gasteiger partial charge in [0, 0.05) is 22.2 Å². The molecule has 0 spiro atoms. The first-order valence-electron chi connectivity index (χ1n) is 13.3. The van der Waals surface area contributed by atoms with Crippen LogP contribution in [0.1, 0.15) is 56.8 Å². The minimum absolute atomic E-state index is 0.194. The summed E-state index contributed by atoms with van der Waals surface area (Å²) < 4.78 is 0. The molecule has 0 bridgehead atoms. The maximum Gasteiger partial charge on any atom is 0.197 e. The Morgan fingerprint density at radius 2 is 1.44 bits per heavy atom. The first-order chi connectivity index (χ1) is 18.8. The summed E-state index contributed by atoms with van der Waals surface area (Å²) in [6, 6.07) is 35.1. The van der Waals surface area contributed by atoms with E-state index in [2.05, 4.69) is 91.5 Å². The van der Waals surface area contributed by atoms with Gasteiger partial charge in [-0.2, -0.15) is 0 Å². The Bertz CT molecular complexity index is 1880. The van der Waals surface area contributed by atoms with Crippen molar-refractivity contribution in [1.82, 2.24) is 0 Å². The molecular formula is C36H27NO2. The smallest absolute Gasteiger partial charge is 0.197 e. The van der Waals surface area contributed by atoms with Crippen LogP contribution in [0.5, 0.6) is 0 Å². The highest BCUT2D eigenvalue weighted by atomic mass is 16.2. The highest BCUT2D eigenvalue weighted by Gasteiger charge is 2.38. The largest absolute Gasteiger partial charge is 0.310 e. The van der Waals surface area contributed by atoms with Gasteiger partial charge in [0.1, 0.15) is 0 Å². The van der Waals surface area contributed by atoms with Gasteiger partial charge >= 0.3 is 0 Å². The lowest BCUT2D eigenvalue weighted by Crippen LogP contribution is -2.30. The second kappa shape index (κ2) is 8.37. The Morgan fingerprint density at radius 1 is 0.692 bits per heavy atom. The zero-order chi connectivity index (χ0) is 26.9. The summed E-state index contributed by atoms with van der Waals surface area (Å²) >= 11 is 0. The third-order valence-electron chi connectivity index (χ3n) is 8.19. The first-order valence-corrected chi connectivity index (χ1v) is 13.3. The van der Waals surface area contributed by atoms with E-state index in [1.54, 1.807) is 12.1 Å². The molecule has 0 atom stereocenters. The molecule has 5 aromatic rings. The van der Waals surface area contributed by atoms with Crippen LogP contribution in [0.15, 0.2) is 109 Å². The number of hydrogen-bond donors (Lipinski definition) is 0. The lowest BCUT2D eigenvalue weighted by atomic mass is 9.71. The van der Waals surface area contributed by atoms with Crippen molar-refractivity contribution in [3.05, 3.63) is 142 Å². The fourth-order valence-electron chi connectivity index (χ4n) is 6.32. The zero-order valence-electron chi connectivity index (χ0n) is 22.2. The van der Waals surface area contributed by atoms with Crippen molar-refractivity contribution in [1.29, 1.82) is 0 Å². The second-order valence-corrected chi connectivity index (χ2v) is 11.0. The lowest BCUT2D eigenvalue weighted by Gasteiger charge is -2.42. The van der Waals surface area contributed by atoms with E-state index in [0.717, 1.165) is 33.3 Å². The van der Waals surface area contributed by atoms with Crippen molar-refractivity contribution in [3.63, 3.8) is 0 Å². The Hall–Kier alpha value is -4.76. The van der Waals surface area contributed by atoms with Crippen molar-refractivity contribution in [2.75, 3.05) is 4.90 Å². The molecule has 0 saturated carbocycles. The molecule has 0 amide bonds. The minimum Gasteiger partial charge on any atom is -0.310 e. The molecule has 0 saturated heterocycles. The van der Waals surface area contributed by atoms with Crippen molar-refractivity contribution >= 4 is 45.5 Å². The number of hydrogen-bond acceptors (Lipinski definition) is 3. The van der Waals surface area contributed by atoms with Crippen LogP contribution in [0, 0.1) is 6.92 Å². The van der Waals surface area contributed by atoms with Crippen LogP contribution in [-0.2, 0) is 5.41 Å². The average molecular weight is 506 g/mol. The number of nitrogens with zero attached hydrogens (tertiary/aromatic N) is 1. The van der Waals surface area contributed by atoms with Crippen molar-refractivity contribution in [2.45, 2.75) is 26.2 Å². The third-order valence-corrected chi connectivity index (χ3v) is 8.19. The Labute approximate surface area is 228 Å². The topological polar surface area (TPSA) is 37.4 Å². The van der Waals surface area contributed by atoms with Crippen LogP contribution in [0.4, 0.5) is 17.1 Å². The van der Waals surface area contributed by atoms with Crippen LogP contribution in [0.3, 0.4) is 0 Å². The molecule has 7 rings (SSSR count). The van der Waals surface area contributed by atoms with Crippen LogP contribution >= 0.6 is 0 Å². The van der Waals surface area contributed by atoms with Gasteiger partial charge in [-0.3, -0.25) is 9.59 Å². The van der Waals surface area contributed by atoms with E-state index in [1.807, 2.05) is 31.2 Å². The maximum absolute atomic E-state index is 13.1. The number of rotatable bonds is 2. The fourth-order valence-corrected chi connectivity index (χ4v) is 6.32. The van der Waals surface area contributed by atoms with E-state index in [-0.39, 0.29) is 22.6 Å². The number of ketones is 2. The molecule has 0 unspecified atom stereocenters. The molecule has 0 radical (unpaired) electrons. The number of para-hydroxylation sites is 2. The molecule has 1 aliphatic heterocycles. The van der Waals surface area contributed by atoms with E-state index in [1.165, 1.54) is 16.8 Å². The number of carbonyl (C=O) groups excluding carboxylic acids is 2. The number of carbonyl (C=O) groups is 2. The monoisotopic (exact) mass is 505 g/mol. The van der Waals surface area contributed by atoms with Crippen LogP contribution in [-0.4, -0.2) is 11.6 Å². The SMILES string of the molecule is Cc1ccc2c(c1)C(=O)/C(=C\c1ccc3c4c(ccc3c1)N(c1ccccc1)c1ccccc1C4(C)C)C2=O. The summed E-state index contributed by atoms with van der Waals surface area (Å²) in [6.07, 6.45) is 1.75. The Kier molecular flexibility index (Phi) is 5.02. The average Bonchev–Trinajstić information content (AvgIpc) is 3.17. The number of benzene rings is 5. The summed E-state index contributed by atoms with van der Waals surface area (Å²) in [5, 5.41) is 2.24. The molecule has 1 aliphatic carbocycles. The summed E-state index contributed by atoms with van der Waals surface area (Å²) in [5.41, 5.74) is 8.83. The van der Waals surface area contributed by atoms with E-state index >= 15 is 0 Å². The summed E-state index contributed by atoms with van der Waals surface area (Å²) in [5.74, 6) is -0.391. The van der Waals surface area contributed by atoms with Gasteiger partial charge in [-0.15, -0.1) is 0 Å². The summed E-state index contributed by atoms with van der Waals surface area (Å²) in [7, 11) is 0. The van der Waals surface area contributed by atoms with Crippen LogP contribution in [0.2, 0.25) is 0 Å². The van der Waals surface area contributed by atoms with Gasteiger partial charge in [-0.25, -0.2) is 0 Å². The van der Waals surface area contributed by atoms with Crippen LogP contribution in [0.25, 0.3) is 16.8 Å². The van der Waals surface area contributed by atoms with Gasteiger partial charge in [0.25, 0.3) is 0 Å². The van der Waals surface area contributed by atoms with Gasteiger partial charge in [-0.1, -0.05) is 86.1 Å². The molecule has 3 nitrogen and oxygen atoms in total. The summed E-state index contributed by atoms with van der Waals surface area (Å²) in [4.78, 5) is 28.5. The number of fused-ring (bicyclic) bond motifs is 5. The predicted molar refractivity (Wildman–Crippen MR) is 159 cm³/mol. The zero-order valence-corrected chi connectivity index (χ0v) is 22.2. The van der Waals surface area contributed by atoms with Crippen LogP contribution < -0.4 is 4.90 Å². The maximum atomic E-state index is 13.1. The highest BCUT2D eigenvalue weighted by molar-refractivity contribution is 6.41.